The van der Waals surface area contributed by atoms with Crippen LogP contribution in [0.15, 0.2) is 18.2 Å². The van der Waals surface area contributed by atoms with Crippen molar-refractivity contribution in [1.82, 2.24) is 5.32 Å². The van der Waals surface area contributed by atoms with Crippen LogP contribution in [0.2, 0.25) is 0 Å². The highest BCUT2D eigenvalue weighted by molar-refractivity contribution is 5.97. The lowest BCUT2D eigenvalue weighted by molar-refractivity contribution is 0.0950. The zero-order chi connectivity index (χ0) is 12.7. The molecule has 0 aliphatic heterocycles. The van der Waals surface area contributed by atoms with Crippen LogP contribution < -0.4 is 15.8 Å². The van der Waals surface area contributed by atoms with Crippen molar-refractivity contribution >= 4 is 11.6 Å². The second-order valence-electron chi connectivity index (χ2n) is 3.52. The maximum atomic E-state index is 11.8. The molecule has 0 bridgehead atoms. The lowest BCUT2D eigenvalue weighted by Gasteiger charge is -2.09. The first kappa shape index (κ1) is 12.9. The molecular formula is C13H16N2O2. The fraction of sp³-hybridized carbons (Fsp3) is 0.308. The molecule has 4 heteroatoms. The third-order valence-electron chi connectivity index (χ3n) is 2.25. The number of nitrogens with one attached hydrogen (secondary N) is 1. The van der Waals surface area contributed by atoms with Crippen molar-refractivity contribution in [3.05, 3.63) is 23.8 Å². The van der Waals surface area contributed by atoms with Gasteiger partial charge in [0.15, 0.2) is 0 Å². The number of terminal acetylenes is 1. The monoisotopic (exact) mass is 232 g/mol. The van der Waals surface area contributed by atoms with Crippen molar-refractivity contribution in [2.24, 2.45) is 0 Å². The van der Waals surface area contributed by atoms with Gasteiger partial charge in [0.1, 0.15) is 5.75 Å². The molecule has 0 saturated heterocycles. The smallest absolute Gasteiger partial charge is 0.255 e. The van der Waals surface area contributed by atoms with Crippen molar-refractivity contribution in [2.75, 3.05) is 19.4 Å². The van der Waals surface area contributed by atoms with Crippen LogP contribution in [0.3, 0.4) is 0 Å². The molecule has 1 aromatic rings. The molecule has 0 aliphatic rings. The molecule has 1 rings (SSSR count). The summed E-state index contributed by atoms with van der Waals surface area (Å²) in [6.07, 6.45) is 6.54. The topological polar surface area (TPSA) is 64.4 Å². The van der Waals surface area contributed by atoms with Crippen LogP contribution in [0.1, 0.15) is 23.2 Å². The minimum absolute atomic E-state index is 0.182. The van der Waals surface area contributed by atoms with E-state index in [2.05, 4.69) is 11.2 Å². The van der Waals surface area contributed by atoms with Gasteiger partial charge in [0.05, 0.1) is 12.7 Å². The standard InChI is InChI=1S/C13H16N2O2/c1-3-4-5-8-15-13(16)11-7-6-10(14)9-12(11)17-2/h1,6-7,9H,4-5,8,14H2,2H3,(H,15,16). The Bertz CT molecular complexity index is 436. The second-order valence-corrected chi connectivity index (χ2v) is 3.52. The Hall–Kier alpha value is -2.15. The molecule has 17 heavy (non-hydrogen) atoms. The van der Waals surface area contributed by atoms with E-state index < -0.39 is 0 Å². The predicted molar refractivity (Wildman–Crippen MR) is 67.8 cm³/mol. The van der Waals surface area contributed by atoms with Crippen LogP contribution in [0.4, 0.5) is 5.69 Å². The largest absolute Gasteiger partial charge is 0.496 e. The molecule has 90 valence electrons. The van der Waals surface area contributed by atoms with E-state index in [0.29, 0.717) is 30.0 Å². The minimum Gasteiger partial charge on any atom is -0.496 e. The molecule has 0 atom stereocenters. The summed E-state index contributed by atoms with van der Waals surface area (Å²) in [5.74, 6) is 2.81. The Morgan fingerprint density at radius 3 is 3.00 bits per heavy atom. The Balaban J connectivity index is 2.65. The number of unbranched alkanes of at least 4 members (excludes halogenated alkanes) is 1. The summed E-state index contributed by atoms with van der Waals surface area (Å²) in [5, 5.41) is 2.77. The summed E-state index contributed by atoms with van der Waals surface area (Å²) in [5.41, 5.74) is 6.64. The summed E-state index contributed by atoms with van der Waals surface area (Å²) < 4.78 is 5.10. The van der Waals surface area contributed by atoms with Crippen LogP contribution >= 0.6 is 0 Å². The number of benzene rings is 1. The van der Waals surface area contributed by atoms with E-state index in [1.165, 1.54) is 7.11 Å². The van der Waals surface area contributed by atoms with Gasteiger partial charge in [-0.2, -0.15) is 0 Å². The molecule has 0 fully saturated rings. The average molecular weight is 232 g/mol. The van der Waals surface area contributed by atoms with Gasteiger partial charge in [-0.25, -0.2) is 0 Å². The van der Waals surface area contributed by atoms with Crippen molar-refractivity contribution in [2.45, 2.75) is 12.8 Å². The zero-order valence-corrected chi connectivity index (χ0v) is 9.82. The molecular weight excluding hydrogens is 216 g/mol. The second kappa shape index (κ2) is 6.44. The number of hydrogen-bond acceptors (Lipinski definition) is 3. The molecule has 0 spiro atoms. The van der Waals surface area contributed by atoms with E-state index in [1.807, 2.05) is 0 Å². The number of ether oxygens (including phenoxy) is 1. The Morgan fingerprint density at radius 2 is 2.35 bits per heavy atom. The van der Waals surface area contributed by atoms with Gasteiger partial charge in [0, 0.05) is 24.7 Å². The number of nitrogens with two attached hydrogens (primary N) is 1. The minimum atomic E-state index is -0.182. The SMILES string of the molecule is C#CCCCNC(=O)c1ccc(N)cc1OC. The quantitative estimate of drug-likeness (QED) is 0.458. The van der Waals surface area contributed by atoms with Gasteiger partial charge in [-0.1, -0.05) is 0 Å². The summed E-state index contributed by atoms with van der Waals surface area (Å²) in [7, 11) is 1.50. The number of carbonyl (C=O) groups excluding carboxylic acids is 1. The normalized spacial score (nSPS) is 9.41. The van der Waals surface area contributed by atoms with Gasteiger partial charge in [-0.05, 0) is 18.6 Å². The van der Waals surface area contributed by atoms with Crippen molar-refractivity contribution in [3.63, 3.8) is 0 Å². The first-order valence-electron chi connectivity index (χ1n) is 5.34. The number of amides is 1. The number of carbonyl (C=O) groups is 1. The third-order valence-corrected chi connectivity index (χ3v) is 2.25. The van der Waals surface area contributed by atoms with Gasteiger partial charge in [0.2, 0.25) is 0 Å². The number of nitrogen functional groups attached to an aromatic ring is 1. The van der Waals surface area contributed by atoms with Gasteiger partial charge in [-0.3, -0.25) is 4.79 Å². The lowest BCUT2D eigenvalue weighted by atomic mass is 10.1. The number of anilines is 1. The molecule has 0 saturated carbocycles. The molecule has 3 N–H and O–H groups in total. The molecule has 0 heterocycles. The summed E-state index contributed by atoms with van der Waals surface area (Å²) in [4.78, 5) is 11.8. The molecule has 1 aromatic carbocycles. The number of rotatable bonds is 5. The summed E-state index contributed by atoms with van der Waals surface area (Å²) >= 11 is 0. The molecule has 1 amide bonds. The Morgan fingerprint density at radius 1 is 1.59 bits per heavy atom. The van der Waals surface area contributed by atoms with E-state index >= 15 is 0 Å². The molecule has 0 aliphatic carbocycles. The van der Waals surface area contributed by atoms with E-state index in [4.69, 9.17) is 16.9 Å². The molecule has 0 unspecified atom stereocenters. The van der Waals surface area contributed by atoms with E-state index in [0.717, 1.165) is 6.42 Å². The highest BCUT2D eigenvalue weighted by Gasteiger charge is 2.11. The van der Waals surface area contributed by atoms with Crippen LogP contribution in [0, 0.1) is 12.3 Å². The maximum absolute atomic E-state index is 11.8. The van der Waals surface area contributed by atoms with Gasteiger partial charge in [-0.15, -0.1) is 12.3 Å². The Kier molecular flexibility index (Phi) is 4.89. The van der Waals surface area contributed by atoms with Crippen LogP contribution in [-0.2, 0) is 0 Å². The number of methoxy groups -OCH3 is 1. The Labute approximate surface area is 101 Å². The molecule has 0 radical (unpaired) electrons. The molecule has 0 aromatic heterocycles. The maximum Gasteiger partial charge on any atom is 0.255 e. The van der Waals surface area contributed by atoms with E-state index in [-0.39, 0.29) is 5.91 Å². The van der Waals surface area contributed by atoms with Crippen LogP contribution in [0.25, 0.3) is 0 Å². The van der Waals surface area contributed by atoms with Gasteiger partial charge in [0.25, 0.3) is 5.91 Å². The first-order chi connectivity index (χ1) is 8.19. The highest BCUT2D eigenvalue weighted by Crippen LogP contribution is 2.21. The number of hydrogen-bond donors (Lipinski definition) is 2. The van der Waals surface area contributed by atoms with Crippen LogP contribution in [-0.4, -0.2) is 19.6 Å². The summed E-state index contributed by atoms with van der Waals surface area (Å²) in [6, 6.07) is 4.93. The average Bonchev–Trinajstić information content (AvgIpc) is 2.34. The van der Waals surface area contributed by atoms with E-state index in [1.54, 1.807) is 18.2 Å². The van der Waals surface area contributed by atoms with Crippen molar-refractivity contribution in [3.8, 4) is 18.1 Å². The van der Waals surface area contributed by atoms with Crippen molar-refractivity contribution in [1.29, 1.82) is 0 Å². The molecule has 4 nitrogen and oxygen atoms in total. The third kappa shape index (κ3) is 3.72. The fourth-order valence-corrected chi connectivity index (χ4v) is 1.38. The first-order valence-corrected chi connectivity index (χ1v) is 5.34. The highest BCUT2D eigenvalue weighted by atomic mass is 16.5. The zero-order valence-electron chi connectivity index (χ0n) is 9.82. The van der Waals surface area contributed by atoms with Gasteiger partial charge < -0.3 is 15.8 Å². The van der Waals surface area contributed by atoms with Crippen molar-refractivity contribution < 1.29 is 9.53 Å². The van der Waals surface area contributed by atoms with Crippen LogP contribution in [0.5, 0.6) is 5.75 Å². The van der Waals surface area contributed by atoms with Gasteiger partial charge >= 0.3 is 0 Å². The summed E-state index contributed by atoms with van der Waals surface area (Å²) in [6.45, 7) is 0.552. The lowest BCUT2D eigenvalue weighted by Crippen LogP contribution is -2.24. The fourth-order valence-electron chi connectivity index (χ4n) is 1.38. The van der Waals surface area contributed by atoms with E-state index in [9.17, 15) is 4.79 Å². The predicted octanol–water partition coefficient (Wildman–Crippen LogP) is 1.42.